The molecule has 0 fully saturated rings. The summed E-state index contributed by atoms with van der Waals surface area (Å²) in [4.78, 5) is 10.7. The molecule has 174 valence electrons. The summed E-state index contributed by atoms with van der Waals surface area (Å²) >= 11 is 11.3. The van der Waals surface area contributed by atoms with Crippen LogP contribution in [0.1, 0.15) is 48.1 Å². The van der Waals surface area contributed by atoms with Gasteiger partial charge in [-0.1, -0.05) is 48.3 Å². The summed E-state index contributed by atoms with van der Waals surface area (Å²) in [6, 6.07) is 8.88. The second-order valence-corrected chi connectivity index (χ2v) is 9.30. The largest absolute Gasteiger partial charge is 0.390 e. The molecular weight excluding hydrogens is 457 g/mol. The molecule has 0 radical (unpaired) electrons. The van der Waals surface area contributed by atoms with Gasteiger partial charge < -0.3 is 15.7 Å². The standard InChI is InChI=1S/C24H28Cl2F2N2O2/c1-2-14-6-7-16-4-3-5-20(19(16)10-14)29-13-22(31)21(30-24(32)23(25)26)11-15-8-17(27)12-18(28)9-15/h6-10,12,20-23,29,31H,2-5,11,13H2,1H3,(H,30,32). The molecule has 1 aliphatic rings. The number of aliphatic hydroxyl groups is 1. The minimum Gasteiger partial charge on any atom is -0.390 e. The van der Waals surface area contributed by atoms with Gasteiger partial charge >= 0.3 is 0 Å². The lowest BCUT2D eigenvalue weighted by Gasteiger charge is -2.30. The number of aliphatic hydroxyl groups excluding tert-OH is 1. The molecular formula is C24H28Cl2F2N2O2. The number of hydrogen-bond acceptors (Lipinski definition) is 3. The number of nitrogens with one attached hydrogen (secondary N) is 2. The predicted molar refractivity (Wildman–Crippen MR) is 123 cm³/mol. The van der Waals surface area contributed by atoms with Gasteiger partial charge in [-0.2, -0.15) is 0 Å². The summed E-state index contributed by atoms with van der Waals surface area (Å²) < 4.78 is 27.2. The number of halogens is 4. The van der Waals surface area contributed by atoms with E-state index in [1.165, 1.54) is 28.8 Å². The summed E-state index contributed by atoms with van der Waals surface area (Å²) in [5.74, 6) is -2.13. The first-order valence-corrected chi connectivity index (χ1v) is 11.7. The first-order valence-electron chi connectivity index (χ1n) is 10.8. The molecule has 1 amide bonds. The average Bonchev–Trinajstić information content (AvgIpc) is 2.75. The number of benzene rings is 2. The number of hydrogen-bond donors (Lipinski definition) is 3. The third-order valence-electron chi connectivity index (χ3n) is 5.87. The summed E-state index contributed by atoms with van der Waals surface area (Å²) in [7, 11) is 0. The van der Waals surface area contributed by atoms with E-state index in [0.29, 0.717) is 5.56 Å². The van der Waals surface area contributed by atoms with E-state index in [0.717, 1.165) is 31.7 Å². The molecule has 3 atom stereocenters. The number of rotatable bonds is 9. The van der Waals surface area contributed by atoms with Gasteiger partial charge in [0.1, 0.15) is 11.6 Å². The van der Waals surface area contributed by atoms with E-state index in [2.05, 4.69) is 35.8 Å². The lowest BCUT2D eigenvalue weighted by Crippen LogP contribution is -2.50. The molecule has 1 aliphatic carbocycles. The van der Waals surface area contributed by atoms with Gasteiger partial charge in [0.15, 0.2) is 4.84 Å². The molecule has 0 saturated carbocycles. The summed E-state index contributed by atoms with van der Waals surface area (Å²) in [6.07, 6.45) is 2.93. The van der Waals surface area contributed by atoms with Crippen LogP contribution in [0.15, 0.2) is 36.4 Å². The van der Waals surface area contributed by atoms with Crippen molar-refractivity contribution in [2.75, 3.05) is 6.54 Å². The maximum Gasteiger partial charge on any atom is 0.253 e. The van der Waals surface area contributed by atoms with Crippen LogP contribution < -0.4 is 10.6 Å². The fraction of sp³-hybridized carbons (Fsp3) is 0.458. The van der Waals surface area contributed by atoms with Crippen LogP contribution in [0.2, 0.25) is 0 Å². The SMILES string of the molecule is CCc1ccc2c(c1)C(NCC(O)C(Cc1cc(F)cc(F)c1)NC(=O)C(Cl)Cl)CCC2. The van der Waals surface area contributed by atoms with Crippen LogP contribution in [-0.4, -0.2) is 34.5 Å². The van der Waals surface area contributed by atoms with Crippen LogP contribution in [0.25, 0.3) is 0 Å². The Morgan fingerprint density at radius 1 is 1.16 bits per heavy atom. The second-order valence-electron chi connectivity index (χ2n) is 8.20. The fourth-order valence-corrected chi connectivity index (χ4v) is 4.32. The summed E-state index contributed by atoms with van der Waals surface area (Å²) in [6.45, 7) is 2.29. The molecule has 3 rings (SSSR count). The smallest absolute Gasteiger partial charge is 0.253 e. The molecule has 0 aliphatic heterocycles. The van der Waals surface area contributed by atoms with E-state index in [-0.39, 0.29) is 19.0 Å². The van der Waals surface area contributed by atoms with E-state index < -0.39 is 34.5 Å². The molecule has 3 unspecified atom stereocenters. The van der Waals surface area contributed by atoms with E-state index in [1.807, 2.05) is 0 Å². The van der Waals surface area contributed by atoms with Gasteiger partial charge in [-0.05, 0) is 66.5 Å². The fourth-order valence-electron chi connectivity index (χ4n) is 4.20. The Hall–Kier alpha value is -1.73. The molecule has 32 heavy (non-hydrogen) atoms. The van der Waals surface area contributed by atoms with Crippen molar-refractivity contribution in [1.82, 2.24) is 10.6 Å². The van der Waals surface area contributed by atoms with Crippen molar-refractivity contribution in [2.24, 2.45) is 0 Å². The molecule has 0 aromatic heterocycles. The van der Waals surface area contributed by atoms with Crippen molar-refractivity contribution in [2.45, 2.75) is 62.1 Å². The Bertz CT molecular complexity index is 922. The molecule has 2 aromatic rings. The molecule has 0 heterocycles. The maximum atomic E-state index is 13.6. The molecule has 0 saturated heterocycles. The number of carbonyl (C=O) groups excluding carboxylic acids is 1. The minimum atomic E-state index is -1.32. The normalized spacial score (nSPS) is 17.7. The Labute approximate surface area is 197 Å². The number of alkyl halides is 2. The first kappa shape index (κ1) is 24.9. The highest BCUT2D eigenvalue weighted by atomic mass is 35.5. The second kappa shape index (κ2) is 11.4. The lowest BCUT2D eigenvalue weighted by atomic mass is 9.86. The first-order chi connectivity index (χ1) is 15.3. The van der Waals surface area contributed by atoms with E-state index in [9.17, 15) is 18.7 Å². The Balaban J connectivity index is 1.72. The van der Waals surface area contributed by atoms with Gasteiger partial charge in [0, 0.05) is 18.7 Å². The third-order valence-corrected chi connectivity index (χ3v) is 6.27. The zero-order valence-electron chi connectivity index (χ0n) is 17.9. The maximum absolute atomic E-state index is 13.6. The van der Waals surface area contributed by atoms with E-state index in [4.69, 9.17) is 23.2 Å². The van der Waals surface area contributed by atoms with Crippen molar-refractivity contribution in [3.8, 4) is 0 Å². The van der Waals surface area contributed by atoms with Crippen LogP contribution in [0.5, 0.6) is 0 Å². The van der Waals surface area contributed by atoms with Crippen LogP contribution >= 0.6 is 23.2 Å². The van der Waals surface area contributed by atoms with Crippen LogP contribution in [0.3, 0.4) is 0 Å². The Kier molecular flexibility index (Phi) is 8.88. The van der Waals surface area contributed by atoms with Gasteiger partial charge in [0.2, 0.25) is 0 Å². The highest BCUT2D eigenvalue weighted by Crippen LogP contribution is 2.30. The van der Waals surface area contributed by atoms with Gasteiger partial charge in [0.25, 0.3) is 5.91 Å². The van der Waals surface area contributed by atoms with Crippen molar-refractivity contribution in [3.63, 3.8) is 0 Å². The number of fused-ring (bicyclic) bond motifs is 1. The predicted octanol–water partition coefficient (Wildman–Crippen LogP) is 4.39. The van der Waals surface area contributed by atoms with Crippen molar-refractivity contribution >= 4 is 29.1 Å². The van der Waals surface area contributed by atoms with Crippen molar-refractivity contribution < 1.29 is 18.7 Å². The molecule has 2 aromatic carbocycles. The number of aryl methyl sites for hydroxylation is 2. The zero-order valence-corrected chi connectivity index (χ0v) is 19.4. The number of amides is 1. The molecule has 0 spiro atoms. The minimum absolute atomic E-state index is 0.0189. The molecule has 4 nitrogen and oxygen atoms in total. The van der Waals surface area contributed by atoms with Gasteiger partial charge in [-0.3, -0.25) is 4.79 Å². The highest BCUT2D eigenvalue weighted by Gasteiger charge is 2.27. The Morgan fingerprint density at radius 2 is 1.88 bits per heavy atom. The molecule has 8 heteroatoms. The zero-order chi connectivity index (χ0) is 23.3. The topological polar surface area (TPSA) is 61.4 Å². The summed E-state index contributed by atoms with van der Waals surface area (Å²) in [5, 5.41) is 16.9. The lowest BCUT2D eigenvalue weighted by molar-refractivity contribution is -0.121. The van der Waals surface area contributed by atoms with E-state index in [1.54, 1.807) is 0 Å². The number of carbonyl (C=O) groups is 1. The molecule has 3 N–H and O–H groups in total. The Morgan fingerprint density at radius 3 is 2.53 bits per heavy atom. The molecule has 0 bridgehead atoms. The third kappa shape index (κ3) is 6.64. The summed E-state index contributed by atoms with van der Waals surface area (Å²) in [5.41, 5.74) is 4.10. The van der Waals surface area contributed by atoms with Crippen LogP contribution in [0.4, 0.5) is 8.78 Å². The monoisotopic (exact) mass is 484 g/mol. The van der Waals surface area contributed by atoms with Crippen LogP contribution in [-0.2, 0) is 24.1 Å². The van der Waals surface area contributed by atoms with Gasteiger partial charge in [0.05, 0.1) is 12.1 Å². The van der Waals surface area contributed by atoms with Gasteiger partial charge in [-0.15, -0.1) is 0 Å². The van der Waals surface area contributed by atoms with Gasteiger partial charge in [-0.25, -0.2) is 8.78 Å². The van der Waals surface area contributed by atoms with Crippen molar-refractivity contribution in [1.29, 1.82) is 0 Å². The highest BCUT2D eigenvalue weighted by molar-refractivity contribution is 6.53. The average molecular weight is 485 g/mol. The quantitative estimate of drug-likeness (QED) is 0.462. The van der Waals surface area contributed by atoms with Crippen LogP contribution in [0, 0.1) is 11.6 Å². The van der Waals surface area contributed by atoms with E-state index >= 15 is 0 Å². The van der Waals surface area contributed by atoms with Crippen molar-refractivity contribution in [3.05, 3.63) is 70.3 Å².